The lowest BCUT2D eigenvalue weighted by Gasteiger charge is -2.35. The van der Waals surface area contributed by atoms with Crippen LogP contribution in [-0.2, 0) is 11.3 Å². The van der Waals surface area contributed by atoms with Crippen molar-refractivity contribution in [1.82, 2.24) is 30.0 Å². The van der Waals surface area contributed by atoms with Crippen molar-refractivity contribution in [3.05, 3.63) is 36.2 Å². The Morgan fingerprint density at radius 2 is 1.74 bits per heavy atom. The SMILES string of the molecule is O=C(CC1CCCCC1)N1CCN(Cc2nnnn2-c2ccccc2)CC1. The van der Waals surface area contributed by atoms with Gasteiger partial charge in [0.1, 0.15) is 0 Å². The number of piperazine rings is 1. The Bertz CT molecular complexity index is 732. The molecule has 2 aromatic rings. The lowest BCUT2D eigenvalue weighted by atomic mass is 9.86. The van der Waals surface area contributed by atoms with Crippen LogP contribution in [0.5, 0.6) is 0 Å². The van der Waals surface area contributed by atoms with Gasteiger partial charge in [0.15, 0.2) is 5.82 Å². The standard InChI is InChI=1S/C20H28N6O/c27-20(15-17-7-3-1-4-8-17)25-13-11-24(12-14-25)16-19-21-22-23-26(19)18-9-5-2-6-10-18/h2,5-6,9-10,17H,1,3-4,7-8,11-16H2. The highest BCUT2D eigenvalue weighted by Gasteiger charge is 2.25. The van der Waals surface area contributed by atoms with E-state index < -0.39 is 0 Å². The maximum atomic E-state index is 12.6. The summed E-state index contributed by atoms with van der Waals surface area (Å²) in [6.45, 7) is 4.06. The minimum Gasteiger partial charge on any atom is -0.340 e. The first-order valence-corrected chi connectivity index (χ1v) is 10.1. The number of carbonyl (C=O) groups is 1. The Balaban J connectivity index is 1.29. The second-order valence-corrected chi connectivity index (χ2v) is 7.71. The molecular weight excluding hydrogens is 340 g/mol. The fourth-order valence-electron chi connectivity index (χ4n) is 4.20. The largest absolute Gasteiger partial charge is 0.340 e. The second-order valence-electron chi connectivity index (χ2n) is 7.71. The van der Waals surface area contributed by atoms with Crippen LogP contribution in [0.4, 0.5) is 0 Å². The normalized spacial score (nSPS) is 19.3. The fraction of sp³-hybridized carbons (Fsp3) is 0.600. The lowest BCUT2D eigenvalue weighted by Crippen LogP contribution is -2.48. The summed E-state index contributed by atoms with van der Waals surface area (Å²) in [5.74, 6) is 1.79. The zero-order chi connectivity index (χ0) is 18.5. The number of tetrazole rings is 1. The molecule has 0 atom stereocenters. The number of hydrogen-bond donors (Lipinski definition) is 0. The Labute approximate surface area is 160 Å². The first-order chi connectivity index (χ1) is 13.3. The molecule has 4 rings (SSSR count). The van der Waals surface area contributed by atoms with Crippen molar-refractivity contribution in [3.63, 3.8) is 0 Å². The van der Waals surface area contributed by atoms with Gasteiger partial charge in [-0.2, -0.15) is 4.68 Å². The van der Waals surface area contributed by atoms with Crippen LogP contribution in [0.15, 0.2) is 30.3 Å². The molecule has 1 saturated carbocycles. The number of nitrogens with zero attached hydrogens (tertiary/aromatic N) is 6. The van der Waals surface area contributed by atoms with Gasteiger partial charge in [-0.15, -0.1) is 5.10 Å². The van der Waals surface area contributed by atoms with E-state index in [2.05, 4.69) is 20.4 Å². The van der Waals surface area contributed by atoms with E-state index in [4.69, 9.17) is 0 Å². The van der Waals surface area contributed by atoms with Crippen LogP contribution < -0.4 is 0 Å². The molecule has 7 heteroatoms. The molecule has 2 aliphatic rings. The van der Waals surface area contributed by atoms with Gasteiger partial charge in [0, 0.05) is 32.6 Å². The zero-order valence-electron chi connectivity index (χ0n) is 15.8. The minimum atomic E-state index is 0.343. The summed E-state index contributed by atoms with van der Waals surface area (Å²) >= 11 is 0. The highest BCUT2D eigenvalue weighted by Crippen LogP contribution is 2.27. The van der Waals surface area contributed by atoms with Crippen LogP contribution in [0.3, 0.4) is 0 Å². The van der Waals surface area contributed by atoms with Crippen molar-refractivity contribution in [1.29, 1.82) is 0 Å². The average Bonchev–Trinajstić information content (AvgIpc) is 3.18. The molecule has 0 bridgehead atoms. The van der Waals surface area contributed by atoms with Crippen molar-refractivity contribution in [2.45, 2.75) is 45.1 Å². The third kappa shape index (κ3) is 4.53. The predicted octanol–water partition coefficient (Wildman–Crippen LogP) is 2.28. The summed E-state index contributed by atoms with van der Waals surface area (Å²) < 4.78 is 1.79. The van der Waals surface area contributed by atoms with Crippen LogP contribution in [0.1, 0.15) is 44.3 Å². The quantitative estimate of drug-likeness (QED) is 0.810. The van der Waals surface area contributed by atoms with Crippen LogP contribution in [0.25, 0.3) is 5.69 Å². The molecule has 27 heavy (non-hydrogen) atoms. The highest BCUT2D eigenvalue weighted by molar-refractivity contribution is 5.76. The number of hydrogen-bond acceptors (Lipinski definition) is 5. The Hall–Kier alpha value is -2.28. The van der Waals surface area contributed by atoms with Gasteiger partial charge in [-0.3, -0.25) is 9.69 Å². The van der Waals surface area contributed by atoms with Gasteiger partial charge in [0.25, 0.3) is 0 Å². The van der Waals surface area contributed by atoms with E-state index in [1.54, 1.807) is 4.68 Å². The first kappa shape index (κ1) is 18.1. The van der Waals surface area contributed by atoms with Crippen molar-refractivity contribution in [2.75, 3.05) is 26.2 Å². The topological polar surface area (TPSA) is 67.2 Å². The van der Waals surface area contributed by atoms with Gasteiger partial charge in [0.05, 0.1) is 12.2 Å². The molecule has 144 valence electrons. The van der Waals surface area contributed by atoms with Crippen LogP contribution in [0.2, 0.25) is 0 Å². The van der Waals surface area contributed by atoms with Crippen LogP contribution in [0, 0.1) is 5.92 Å². The maximum Gasteiger partial charge on any atom is 0.222 e. The van der Waals surface area contributed by atoms with Crippen molar-refractivity contribution < 1.29 is 4.79 Å². The number of carbonyl (C=O) groups excluding carboxylic acids is 1. The summed E-state index contributed by atoms with van der Waals surface area (Å²) in [5, 5.41) is 12.2. The van der Waals surface area contributed by atoms with Gasteiger partial charge in [0.2, 0.25) is 5.91 Å². The maximum absolute atomic E-state index is 12.6. The van der Waals surface area contributed by atoms with Crippen molar-refractivity contribution >= 4 is 5.91 Å². The molecule has 2 fully saturated rings. The Morgan fingerprint density at radius 3 is 2.48 bits per heavy atom. The number of aromatic nitrogens is 4. The van der Waals surface area contributed by atoms with Gasteiger partial charge in [-0.25, -0.2) is 0 Å². The molecule has 0 spiro atoms. The van der Waals surface area contributed by atoms with Gasteiger partial charge < -0.3 is 4.90 Å². The Morgan fingerprint density at radius 1 is 1.00 bits per heavy atom. The molecule has 1 aliphatic heterocycles. The van der Waals surface area contributed by atoms with Crippen molar-refractivity contribution in [2.24, 2.45) is 5.92 Å². The van der Waals surface area contributed by atoms with E-state index in [0.717, 1.165) is 44.1 Å². The summed E-state index contributed by atoms with van der Waals surface area (Å²) in [6, 6.07) is 9.95. The van der Waals surface area contributed by atoms with E-state index in [9.17, 15) is 4.79 Å². The zero-order valence-corrected chi connectivity index (χ0v) is 15.8. The highest BCUT2D eigenvalue weighted by atomic mass is 16.2. The molecule has 0 radical (unpaired) electrons. The molecular formula is C20H28N6O. The molecule has 2 heterocycles. The molecule has 1 amide bonds. The number of rotatable bonds is 5. The number of amides is 1. The second kappa shape index (κ2) is 8.61. The third-order valence-electron chi connectivity index (χ3n) is 5.81. The first-order valence-electron chi connectivity index (χ1n) is 10.1. The van der Waals surface area contributed by atoms with E-state index in [0.29, 0.717) is 18.4 Å². The monoisotopic (exact) mass is 368 g/mol. The molecule has 1 aromatic heterocycles. The van der Waals surface area contributed by atoms with Gasteiger partial charge >= 0.3 is 0 Å². The summed E-state index contributed by atoms with van der Waals surface area (Å²) in [5.41, 5.74) is 0.971. The summed E-state index contributed by atoms with van der Waals surface area (Å²) in [4.78, 5) is 17.0. The predicted molar refractivity (Wildman–Crippen MR) is 102 cm³/mol. The molecule has 1 aliphatic carbocycles. The van der Waals surface area contributed by atoms with E-state index in [-0.39, 0.29) is 0 Å². The van der Waals surface area contributed by atoms with E-state index in [1.165, 1.54) is 32.1 Å². The summed E-state index contributed by atoms with van der Waals surface area (Å²) in [7, 11) is 0. The number of benzene rings is 1. The van der Waals surface area contributed by atoms with Gasteiger partial charge in [-0.1, -0.05) is 37.5 Å². The molecule has 1 aromatic carbocycles. The van der Waals surface area contributed by atoms with E-state index in [1.807, 2.05) is 35.2 Å². The molecule has 1 saturated heterocycles. The lowest BCUT2D eigenvalue weighted by molar-refractivity contribution is -0.134. The Kier molecular flexibility index (Phi) is 5.77. The van der Waals surface area contributed by atoms with E-state index >= 15 is 0 Å². The molecule has 0 N–H and O–H groups in total. The van der Waals surface area contributed by atoms with Crippen molar-refractivity contribution in [3.8, 4) is 5.69 Å². The third-order valence-corrected chi connectivity index (χ3v) is 5.81. The van der Waals surface area contributed by atoms with Crippen LogP contribution in [-0.4, -0.2) is 62.1 Å². The molecule has 0 unspecified atom stereocenters. The van der Waals surface area contributed by atoms with Crippen LogP contribution >= 0.6 is 0 Å². The molecule has 7 nitrogen and oxygen atoms in total. The van der Waals surface area contributed by atoms with Gasteiger partial charge in [-0.05, 0) is 41.3 Å². The smallest absolute Gasteiger partial charge is 0.222 e. The fourth-order valence-corrected chi connectivity index (χ4v) is 4.20. The average molecular weight is 368 g/mol. The number of para-hydroxylation sites is 1. The summed E-state index contributed by atoms with van der Waals surface area (Å²) in [6.07, 6.45) is 7.13. The minimum absolute atomic E-state index is 0.343.